The molecule has 1 saturated heterocycles. The Balaban J connectivity index is 1.40. The van der Waals surface area contributed by atoms with Crippen molar-refractivity contribution in [2.24, 2.45) is 5.92 Å². The normalized spacial score (nSPS) is 18.5. The van der Waals surface area contributed by atoms with E-state index in [4.69, 9.17) is 34.8 Å². The van der Waals surface area contributed by atoms with Crippen molar-refractivity contribution in [2.45, 2.75) is 26.2 Å². The van der Waals surface area contributed by atoms with Crippen LogP contribution in [0.4, 0.5) is 13.2 Å². The third-order valence-corrected chi connectivity index (χ3v) is 6.61. The van der Waals surface area contributed by atoms with Gasteiger partial charge in [0.05, 0.1) is 10.7 Å². The maximum absolute atomic E-state index is 13.0. The number of likely N-dealkylation sites (tertiary alicyclic amines) is 1. The smallest absolute Gasteiger partial charge is 0.372 e. The first-order valence-corrected chi connectivity index (χ1v) is 10.6. The van der Waals surface area contributed by atoms with Crippen LogP contribution in [-0.4, -0.2) is 45.1 Å². The fourth-order valence-corrected chi connectivity index (χ4v) is 4.66. The van der Waals surface area contributed by atoms with E-state index in [2.05, 4.69) is 10.00 Å². The molecular weight excluding hydrogens is 476 g/mol. The summed E-state index contributed by atoms with van der Waals surface area (Å²) < 4.78 is 40.0. The Morgan fingerprint density at radius 2 is 1.97 bits per heavy atom. The second kappa shape index (κ2) is 8.22. The molecule has 0 radical (unpaired) electrons. The summed E-state index contributed by atoms with van der Waals surface area (Å²) in [6.45, 7) is 3.45. The summed E-state index contributed by atoms with van der Waals surface area (Å²) in [5.41, 5.74) is 1.02. The fourth-order valence-electron chi connectivity index (χ4n) is 3.95. The molecule has 11 heteroatoms. The second-order valence-electron chi connectivity index (χ2n) is 7.74. The predicted molar refractivity (Wildman–Crippen MR) is 112 cm³/mol. The number of carbonyl (C=O) groups excluding carboxylic acids is 1. The lowest BCUT2D eigenvalue weighted by Gasteiger charge is -2.21. The first-order valence-electron chi connectivity index (χ1n) is 9.49. The van der Waals surface area contributed by atoms with Crippen LogP contribution in [0.2, 0.25) is 15.1 Å². The number of nitrogens with zero attached hydrogens (tertiary/aromatic N) is 4. The Morgan fingerprint density at radius 3 is 2.58 bits per heavy atom. The molecular formula is C20H18Cl3F3N4O. The SMILES string of the molecule is Cc1c(Cl)c(C(F)(F)F)nn1CC(=O)N1CC2=CN(Cc3ccc(Cl)cc3Cl)CC2C1. The minimum atomic E-state index is -4.66. The predicted octanol–water partition coefficient (Wildman–Crippen LogP) is 5.03. The van der Waals surface area contributed by atoms with E-state index < -0.39 is 16.9 Å². The zero-order chi connectivity index (χ0) is 22.5. The van der Waals surface area contributed by atoms with Gasteiger partial charge in [-0.05, 0) is 30.2 Å². The number of amides is 1. The van der Waals surface area contributed by atoms with Crippen LogP contribution in [-0.2, 0) is 24.1 Å². The lowest BCUT2D eigenvalue weighted by Crippen LogP contribution is -2.34. The highest BCUT2D eigenvalue weighted by Gasteiger charge is 2.39. The molecule has 166 valence electrons. The average molecular weight is 494 g/mol. The number of fused-ring (bicyclic) bond motifs is 1. The van der Waals surface area contributed by atoms with E-state index in [-0.39, 0.29) is 24.1 Å². The summed E-state index contributed by atoms with van der Waals surface area (Å²) in [4.78, 5) is 16.5. The Labute approximate surface area is 191 Å². The molecule has 2 aromatic rings. The van der Waals surface area contributed by atoms with E-state index in [0.29, 0.717) is 29.7 Å². The summed E-state index contributed by atoms with van der Waals surface area (Å²) in [5.74, 6) is -0.110. The lowest BCUT2D eigenvalue weighted by atomic mass is 10.1. The van der Waals surface area contributed by atoms with Crippen LogP contribution < -0.4 is 0 Å². The van der Waals surface area contributed by atoms with Gasteiger partial charge in [0.1, 0.15) is 6.54 Å². The minimum Gasteiger partial charge on any atom is -0.372 e. The van der Waals surface area contributed by atoms with Crippen molar-refractivity contribution in [2.75, 3.05) is 19.6 Å². The first kappa shape index (κ1) is 22.3. The van der Waals surface area contributed by atoms with Crippen molar-refractivity contribution in [3.8, 4) is 0 Å². The lowest BCUT2D eigenvalue weighted by molar-refractivity contribution is -0.142. The van der Waals surface area contributed by atoms with Crippen molar-refractivity contribution in [3.05, 3.63) is 62.0 Å². The highest BCUT2D eigenvalue weighted by molar-refractivity contribution is 6.35. The summed E-state index contributed by atoms with van der Waals surface area (Å²) in [7, 11) is 0. The number of carbonyl (C=O) groups is 1. The van der Waals surface area contributed by atoms with Gasteiger partial charge < -0.3 is 9.80 Å². The molecule has 1 aromatic heterocycles. The topological polar surface area (TPSA) is 41.4 Å². The molecule has 0 N–H and O–H groups in total. The fraction of sp³-hybridized carbons (Fsp3) is 0.400. The summed E-state index contributed by atoms with van der Waals surface area (Å²) in [6, 6.07) is 5.39. The van der Waals surface area contributed by atoms with Gasteiger partial charge in [-0.1, -0.05) is 40.9 Å². The Bertz CT molecular complexity index is 1070. The van der Waals surface area contributed by atoms with Crippen LogP contribution in [0, 0.1) is 12.8 Å². The molecule has 2 aliphatic heterocycles. The van der Waals surface area contributed by atoms with Gasteiger partial charge in [-0.3, -0.25) is 9.48 Å². The number of benzene rings is 1. The Kier molecular flexibility index (Phi) is 5.91. The van der Waals surface area contributed by atoms with Crippen LogP contribution in [0.3, 0.4) is 0 Å². The van der Waals surface area contributed by atoms with Gasteiger partial charge in [-0.25, -0.2) is 0 Å². The van der Waals surface area contributed by atoms with Crippen LogP contribution in [0.5, 0.6) is 0 Å². The monoisotopic (exact) mass is 492 g/mol. The third kappa shape index (κ3) is 4.52. The molecule has 1 aromatic carbocycles. The van der Waals surface area contributed by atoms with Gasteiger partial charge in [-0.2, -0.15) is 18.3 Å². The van der Waals surface area contributed by atoms with Crippen molar-refractivity contribution in [1.82, 2.24) is 19.6 Å². The molecule has 1 atom stereocenters. The maximum Gasteiger partial charge on any atom is 0.436 e. The van der Waals surface area contributed by atoms with Crippen molar-refractivity contribution >= 4 is 40.7 Å². The van der Waals surface area contributed by atoms with Crippen LogP contribution in [0.25, 0.3) is 0 Å². The number of hydrogen-bond donors (Lipinski definition) is 0. The van der Waals surface area contributed by atoms with E-state index in [1.807, 2.05) is 12.3 Å². The summed E-state index contributed by atoms with van der Waals surface area (Å²) in [5, 5.41) is 4.21. The van der Waals surface area contributed by atoms with E-state index >= 15 is 0 Å². The number of halogens is 6. The van der Waals surface area contributed by atoms with Gasteiger partial charge in [-0.15, -0.1) is 0 Å². The zero-order valence-corrected chi connectivity index (χ0v) is 18.7. The molecule has 31 heavy (non-hydrogen) atoms. The van der Waals surface area contributed by atoms with Gasteiger partial charge in [0.2, 0.25) is 5.91 Å². The first-order chi connectivity index (χ1) is 14.5. The maximum atomic E-state index is 13.0. The Morgan fingerprint density at radius 1 is 1.23 bits per heavy atom. The van der Waals surface area contributed by atoms with Crippen LogP contribution in [0.1, 0.15) is 17.0 Å². The quantitative estimate of drug-likeness (QED) is 0.600. The molecule has 0 spiro atoms. The van der Waals surface area contributed by atoms with Gasteiger partial charge in [0.15, 0.2) is 5.69 Å². The van der Waals surface area contributed by atoms with Crippen molar-refractivity contribution in [1.29, 1.82) is 0 Å². The summed E-state index contributed by atoms with van der Waals surface area (Å²) in [6.07, 6.45) is -2.64. The largest absolute Gasteiger partial charge is 0.436 e. The molecule has 1 unspecified atom stereocenters. The highest BCUT2D eigenvalue weighted by atomic mass is 35.5. The second-order valence-corrected chi connectivity index (χ2v) is 8.97. The van der Waals surface area contributed by atoms with Gasteiger partial charge >= 0.3 is 6.18 Å². The standard InChI is InChI=1S/C20H18Cl3F3N4O/c1-11-18(23)19(20(24,25)26)27-30(11)10-17(31)29-8-13-6-28(7-14(13)9-29)5-12-2-3-15(21)4-16(12)22/h2-4,6,14H,5,7-10H2,1H3. The number of rotatable bonds is 4. The number of aromatic nitrogens is 2. The van der Waals surface area contributed by atoms with E-state index in [9.17, 15) is 18.0 Å². The summed E-state index contributed by atoms with van der Waals surface area (Å²) >= 11 is 18.0. The van der Waals surface area contributed by atoms with E-state index in [1.165, 1.54) is 6.92 Å². The van der Waals surface area contributed by atoms with Crippen LogP contribution in [0.15, 0.2) is 30.0 Å². The highest BCUT2D eigenvalue weighted by Crippen LogP contribution is 2.36. The van der Waals surface area contributed by atoms with Crippen molar-refractivity contribution < 1.29 is 18.0 Å². The molecule has 3 heterocycles. The number of alkyl halides is 3. The average Bonchev–Trinajstić information content (AvgIpc) is 3.31. The Hall–Kier alpha value is -1.90. The van der Waals surface area contributed by atoms with Crippen molar-refractivity contribution in [3.63, 3.8) is 0 Å². The number of hydrogen-bond acceptors (Lipinski definition) is 3. The third-order valence-electron chi connectivity index (χ3n) is 5.57. The molecule has 0 saturated carbocycles. The zero-order valence-electron chi connectivity index (χ0n) is 16.4. The van der Waals surface area contributed by atoms with E-state index in [1.54, 1.807) is 17.0 Å². The molecule has 4 rings (SSSR count). The van der Waals surface area contributed by atoms with Gasteiger partial charge in [0, 0.05) is 48.3 Å². The molecule has 0 bridgehead atoms. The minimum absolute atomic E-state index is 0.118. The molecule has 1 amide bonds. The molecule has 5 nitrogen and oxygen atoms in total. The molecule has 2 aliphatic rings. The molecule has 1 fully saturated rings. The van der Waals surface area contributed by atoms with Crippen LogP contribution >= 0.6 is 34.8 Å². The molecule has 0 aliphatic carbocycles. The van der Waals surface area contributed by atoms with E-state index in [0.717, 1.165) is 22.4 Å². The van der Waals surface area contributed by atoms with Gasteiger partial charge in [0.25, 0.3) is 0 Å².